The van der Waals surface area contributed by atoms with Crippen molar-refractivity contribution < 1.29 is 8.95 Å². The standard InChI is InChI=1S/C15H25NO2S/c1-13(2)8-11-19(17)10-5-9-18-15-7-4-3-6-14(15)12-16/h3-4,6-7,13H,5,8-12,16H2,1-2H3. The third-order valence-corrected chi connectivity index (χ3v) is 4.32. The highest BCUT2D eigenvalue weighted by atomic mass is 32.2. The van der Waals surface area contributed by atoms with Gasteiger partial charge in [0.15, 0.2) is 0 Å². The first-order chi connectivity index (χ1) is 9.13. The second-order valence-electron chi connectivity index (χ2n) is 5.04. The molecule has 0 aliphatic rings. The van der Waals surface area contributed by atoms with Gasteiger partial charge in [-0.1, -0.05) is 32.0 Å². The zero-order valence-electron chi connectivity index (χ0n) is 11.9. The van der Waals surface area contributed by atoms with Crippen molar-refractivity contribution in [1.29, 1.82) is 0 Å². The maximum absolute atomic E-state index is 11.7. The summed E-state index contributed by atoms with van der Waals surface area (Å²) >= 11 is 0. The number of ether oxygens (including phenoxy) is 1. The van der Waals surface area contributed by atoms with E-state index in [1.54, 1.807) is 0 Å². The first-order valence-electron chi connectivity index (χ1n) is 6.89. The Hall–Kier alpha value is -0.870. The monoisotopic (exact) mass is 283 g/mol. The van der Waals surface area contributed by atoms with Gasteiger partial charge >= 0.3 is 0 Å². The largest absolute Gasteiger partial charge is 0.493 e. The first-order valence-corrected chi connectivity index (χ1v) is 8.38. The van der Waals surface area contributed by atoms with Crippen molar-refractivity contribution in [1.82, 2.24) is 0 Å². The van der Waals surface area contributed by atoms with Crippen LogP contribution in [-0.2, 0) is 17.3 Å². The molecule has 0 aliphatic heterocycles. The molecule has 0 aliphatic carbocycles. The summed E-state index contributed by atoms with van der Waals surface area (Å²) < 4.78 is 17.4. The Morgan fingerprint density at radius 3 is 2.68 bits per heavy atom. The molecular formula is C15H25NO2S. The van der Waals surface area contributed by atoms with Crippen LogP contribution in [0.25, 0.3) is 0 Å². The number of benzene rings is 1. The van der Waals surface area contributed by atoms with Gasteiger partial charge in [-0.15, -0.1) is 0 Å². The summed E-state index contributed by atoms with van der Waals surface area (Å²) in [6, 6.07) is 7.79. The van der Waals surface area contributed by atoms with Gasteiger partial charge in [-0.25, -0.2) is 0 Å². The van der Waals surface area contributed by atoms with Crippen LogP contribution in [0.5, 0.6) is 5.75 Å². The second kappa shape index (κ2) is 9.10. The van der Waals surface area contributed by atoms with Crippen LogP contribution < -0.4 is 10.5 Å². The lowest BCUT2D eigenvalue weighted by atomic mass is 10.2. The van der Waals surface area contributed by atoms with Crippen LogP contribution in [0.4, 0.5) is 0 Å². The zero-order chi connectivity index (χ0) is 14.1. The summed E-state index contributed by atoms with van der Waals surface area (Å²) in [6.07, 6.45) is 1.85. The molecule has 0 saturated heterocycles. The fourth-order valence-electron chi connectivity index (χ4n) is 1.68. The molecule has 1 unspecified atom stereocenters. The van der Waals surface area contributed by atoms with Crippen molar-refractivity contribution >= 4 is 10.8 Å². The molecule has 2 N–H and O–H groups in total. The van der Waals surface area contributed by atoms with Crippen molar-refractivity contribution in [3.63, 3.8) is 0 Å². The fraction of sp³-hybridized carbons (Fsp3) is 0.600. The van der Waals surface area contributed by atoms with Crippen molar-refractivity contribution in [2.75, 3.05) is 18.1 Å². The van der Waals surface area contributed by atoms with E-state index >= 15 is 0 Å². The number of nitrogens with two attached hydrogens (primary N) is 1. The lowest BCUT2D eigenvalue weighted by molar-refractivity contribution is 0.315. The molecule has 0 bridgehead atoms. The van der Waals surface area contributed by atoms with Crippen LogP contribution in [0, 0.1) is 5.92 Å². The van der Waals surface area contributed by atoms with E-state index in [1.165, 1.54) is 0 Å². The van der Waals surface area contributed by atoms with E-state index in [0.717, 1.165) is 35.7 Å². The number of hydrogen-bond donors (Lipinski definition) is 1. The smallest absolute Gasteiger partial charge is 0.123 e. The second-order valence-corrected chi connectivity index (χ2v) is 6.74. The van der Waals surface area contributed by atoms with Crippen molar-refractivity contribution in [2.45, 2.75) is 33.2 Å². The van der Waals surface area contributed by atoms with Crippen LogP contribution in [-0.4, -0.2) is 22.3 Å². The Morgan fingerprint density at radius 1 is 1.26 bits per heavy atom. The summed E-state index contributed by atoms with van der Waals surface area (Å²) in [5.41, 5.74) is 6.66. The first kappa shape index (κ1) is 16.2. The quantitative estimate of drug-likeness (QED) is 0.709. The fourth-order valence-corrected chi connectivity index (χ4v) is 3.06. The molecule has 0 spiro atoms. The number of rotatable bonds is 9. The van der Waals surface area contributed by atoms with E-state index in [2.05, 4.69) is 13.8 Å². The number of hydrogen-bond acceptors (Lipinski definition) is 3. The summed E-state index contributed by atoms with van der Waals surface area (Å²) in [5.74, 6) is 2.99. The molecule has 0 heterocycles. The highest BCUT2D eigenvalue weighted by molar-refractivity contribution is 7.84. The normalized spacial score (nSPS) is 12.6. The van der Waals surface area contributed by atoms with Gasteiger partial charge in [-0.05, 0) is 24.8 Å². The van der Waals surface area contributed by atoms with Gasteiger partial charge in [0.1, 0.15) is 5.75 Å². The molecule has 108 valence electrons. The molecule has 0 fully saturated rings. The van der Waals surface area contributed by atoms with Crippen LogP contribution in [0.2, 0.25) is 0 Å². The van der Waals surface area contributed by atoms with E-state index in [0.29, 0.717) is 19.1 Å². The Morgan fingerprint density at radius 2 is 2.00 bits per heavy atom. The van der Waals surface area contributed by atoms with Crippen LogP contribution in [0.1, 0.15) is 32.3 Å². The molecule has 0 radical (unpaired) electrons. The lowest BCUT2D eigenvalue weighted by Gasteiger charge is -2.10. The minimum Gasteiger partial charge on any atom is -0.493 e. The molecule has 19 heavy (non-hydrogen) atoms. The molecule has 0 amide bonds. The molecule has 4 heteroatoms. The Labute approximate surface area is 119 Å². The number of para-hydroxylation sites is 1. The van der Waals surface area contributed by atoms with Gasteiger partial charge in [0.2, 0.25) is 0 Å². The van der Waals surface area contributed by atoms with Crippen LogP contribution >= 0.6 is 0 Å². The van der Waals surface area contributed by atoms with Crippen molar-refractivity contribution in [3.8, 4) is 5.75 Å². The van der Waals surface area contributed by atoms with Gasteiger partial charge in [-0.3, -0.25) is 4.21 Å². The lowest BCUT2D eigenvalue weighted by Crippen LogP contribution is -2.10. The molecule has 1 aromatic rings. The third kappa shape index (κ3) is 6.73. The van der Waals surface area contributed by atoms with Gasteiger partial charge in [0.05, 0.1) is 6.61 Å². The average molecular weight is 283 g/mol. The SMILES string of the molecule is CC(C)CCS(=O)CCCOc1ccccc1CN. The molecule has 1 atom stereocenters. The van der Waals surface area contributed by atoms with E-state index in [-0.39, 0.29) is 0 Å². The summed E-state index contributed by atoms with van der Waals surface area (Å²) in [7, 11) is -0.710. The summed E-state index contributed by atoms with van der Waals surface area (Å²) in [5, 5.41) is 0. The predicted molar refractivity (Wildman–Crippen MR) is 81.8 cm³/mol. The molecule has 0 aromatic heterocycles. The Bertz CT molecular complexity index is 393. The maximum Gasteiger partial charge on any atom is 0.123 e. The van der Waals surface area contributed by atoms with E-state index in [9.17, 15) is 4.21 Å². The maximum atomic E-state index is 11.7. The minimum absolute atomic E-state index is 0.483. The van der Waals surface area contributed by atoms with Gasteiger partial charge in [0, 0.05) is 34.4 Å². The van der Waals surface area contributed by atoms with E-state index in [4.69, 9.17) is 10.5 Å². The van der Waals surface area contributed by atoms with Crippen molar-refractivity contribution in [3.05, 3.63) is 29.8 Å². The summed E-state index contributed by atoms with van der Waals surface area (Å²) in [4.78, 5) is 0. The molecule has 1 rings (SSSR count). The Kier molecular flexibility index (Phi) is 7.75. The van der Waals surface area contributed by atoms with E-state index < -0.39 is 10.8 Å². The van der Waals surface area contributed by atoms with Crippen molar-refractivity contribution in [2.24, 2.45) is 11.7 Å². The third-order valence-electron chi connectivity index (χ3n) is 2.89. The molecule has 3 nitrogen and oxygen atoms in total. The van der Waals surface area contributed by atoms with Crippen LogP contribution in [0.3, 0.4) is 0 Å². The van der Waals surface area contributed by atoms with Gasteiger partial charge in [0.25, 0.3) is 0 Å². The molecular weight excluding hydrogens is 258 g/mol. The average Bonchev–Trinajstić information content (AvgIpc) is 2.41. The highest BCUT2D eigenvalue weighted by Gasteiger charge is 2.04. The van der Waals surface area contributed by atoms with Gasteiger partial charge < -0.3 is 10.5 Å². The highest BCUT2D eigenvalue weighted by Crippen LogP contribution is 2.17. The topological polar surface area (TPSA) is 52.3 Å². The predicted octanol–water partition coefficient (Wildman–Crippen LogP) is 2.71. The Balaban J connectivity index is 2.22. The summed E-state index contributed by atoms with van der Waals surface area (Å²) in [6.45, 7) is 5.40. The molecule has 0 saturated carbocycles. The molecule has 1 aromatic carbocycles. The van der Waals surface area contributed by atoms with E-state index in [1.807, 2.05) is 24.3 Å². The minimum atomic E-state index is -0.710. The zero-order valence-corrected chi connectivity index (χ0v) is 12.7. The van der Waals surface area contributed by atoms with Gasteiger partial charge in [-0.2, -0.15) is 0 Å². The van der Waals surface area contributed by atoms with Crippen LogP contribution in [0.15, 0.2) is 24.3 Å².